The van der Waals surface area contributed by atoms with Gasteiger partial charge in [-0.1, -0.05) is 24.4 Å². The van der Waals surface area contributed by atoms with Gasteiger partial charge in [-0.25, -0.2) is 13.1 Å². The van der Waals surface area contributed by atoms with Gasteiger partial charge in [0.2, 0.25) is 10.0 Å². The van der Waals surface area contributed by atoms with E-state index in [-0.39, 0.29) is 21.9 Å². The second-order valence-electron chi connectivity index (χ2n) is 4.81. The Balaban J connectivity index is 2.24. The van der Waals surface area contributed by atoms with Crippen LogP contribution in [0.4, 0.5) is 0 Å². The monoisotopic (exact) mass is 316 g/mol. The first-order chi connectivity index (χ1) is 9.44. The molecule has 2 rings (SSSR count). The molecule has 1 aromatic rings. The fourth-order valence-corrected chi connectivity index (χ4v) is 3.55. The Kier molecular flexibility index (Phi) is 4.67. The third-order valence-corrected chi connectivity index (χ3v) is 5.34. The molecule has 1 amide bonds. The number of hydrogen-bond acceptors (Lipinski definition) is 3. The predicted molar refractivity (Wildman–Crippen MR) is 77.4 cm³/mol. The van der Waals surface area contributed by atoms with Gasteiger partial charge in [-0.2, -0.15) is 0 Å². The first-order valence-corrected chi connectivity index (χ1v) is 8.34. The molecule has 1 aliphatic rings. The van der Waals surface area contributed by atoms with Gasteiger partial charge in [0.15, 0.2) is 0 Å². The maximum Gasteiger partial charge on any atom is 0.251 e. The molecule has 0 aromatic heterocycles. The molecule has 1 fully saturated rings. The number of carbonyl (C=O) groups excluding carboxylic acids is 1. The molecular formula is C13H17ClN2O3S. The summed E-state index contributed by atoms with van der Waals surface area (Å²) in [4.78, 5) is 12.0. The van der Waals surface area contributed by atoms with Crippen molar-refractivity contribution in [2.75, 3.05) is 7.05 Å². The molecule has 0 radical (unpaired) electrons. The number of amides is 1. The van der Waals surface area contributed by atoms with Gasteiger partial charge >= 0.3 is 0 Å². The highest BCUT2D eigenvalue weighted by atomic mass is 35.5. The van der Waals surface area contributed by atoms with E-state index in [1.807, 2.05) is 0 Å². The number of nitrogens with one attached hydrogen (secondary N) is 2. The molecule has 1 saturated carbocycles. The minimum atomic E-state index is -3.67. The van der Waals surface area contributed by atoms with E-state index in [1.54, 1.807) is 0 Å². The van der Waals surface area contributed by atoms with E-state index in [9.17, 15) is 13.2 Å². The summed E-state index contributed by atoms with van der Waals surface area (Å²) in [6.45, 7) is 0. The fourth-order valence-electron chi connectivity index (χ4n) is 2.30. The van der Waals surface area contributed by atoms with Gasteiger partial charge in [0.1, 0.15) is 4.90 Å². The van der Waals surface area contributed by atoms with Crippen LogP contribution in [0.1, 0.15) is 36.0 Å². The molecule has 5 nitrogen and oxygen atoms in total. The van der Waals surface area contributed by atoms with E-state index in [0.29, 0.717) is 5.56 Å². The van der Waals surface area contributed by atoms with Crippen LogP contribution in [0.3, 0.4) is 0 Å². The first-order valence-electron chi connectivity index (χ1n) is 6.48. The van der Waals surface area contributed by atoms with Gasteiger partial charge < -0.3 is 5.32 Å². The number of rotatable bonds is 4. The maximum atomic E-state index is 12.1. The molecule has 2 N–H and O–H groups in total. The molecule has 0 unspecified atom stereocenters. The Morgan fingerprint density at radius 2 is 1.95 bits per heavy atom. The molecule has 0 atom stereocenters. The van der Waals surface area contributed by atoms with Crippen LogP contribution in [0.2, 0.25) is 5.02 Å². The van der Waals surface area contributed by atoms with Crippen molar-refractivity contribution in [3.63, 3.8) is 0 Å². The Hall–Kier alpha value is -1.11. The Labute approximate surface area is 123 Å². The van der Waals surface area contributed by atoms with Crippen molar-refractivity contribution in [2.24, 2.45) is 0 Å². The van der Waals surface area contributed by atoms with Crippen LogP contribution in [-0.4, -0.2) is 27.4 Å². The van der Waals surface area contributed by atoms with Crippen LogP contribution in [-0.2, 0) is 10.0 Å². The van der Waals surface area contributed by atoms with Crippen molar-refractivity contribution >= 4 is 27.5 Å². The van der Waals surface area contributed by atoms with Crippen LogP contribution in [0.15, 0.2) is 23.1 Å². The minimum absolute atomic E-state index is 0.0826. The molecule has 0 aliphatic heterocycles. The molecule has 0 spiro atoms. The largest absolute Gasteiger partial charge is 0.349 e. The number of halogens is 1. The molecular weight excluding hydrogens is 300 g/mol. The van der Waals surface area contributed by atoms with E-state index in [1.165, 1.54) is 25.2 Å². The normalized spacial score (nSPS) is 16.3. The zero-order chi connectivity index (χ0) is 14.8. The van der Waals surface area contributed by atoms with Gasteiger partial charge in [-0.05, 0) is 38.1 Å². The van der Waals surface area contributed by atoms with Crippen molar-refractivity contribution in [2.45, 2.75) is 36.6 Å². The molecule has 0 heterocycles. The third kappa shape index (κ3) is 3.31. The van der Waals surface area contributed by atoms with Crippen molar-refractivity contribution < 1.29 is 13.2 Å². The van der Waals surface area contributed by atoms with E-state index < -0.39 is 10.0 Å². The third-order valence-electron chi connectivity index (χ3n) is 3.44. The highest BCUT2D eigenvalue weighted by Crippen LogP contribution is 2.23. The lowest BCUT2D eigenvalue weighted by atomic mass is 10.2. The Morgan fingerprint density at radius 1 is 1.30 bits per heavy atom. The summed E-state index contributed by atoms with van der Waals surface area (Å²) in [5.41, 5.74) is 0.301. The predicted octanol–water partition coefficient (Wildman–Crippen LogP) is 1.92. The molecule has 20 heavy (non-hydrogen) atoms. The van der Waals surface area contributed by atoms with E-state index in [2.05, 4.69) is 10.0 Å². The zero-order valence-corrected chi connectivity index (χ0v) is 12.7. The SMILES string of the molecule is CNS(=O)(=O)c1cc(C(=O)NC2CCCC2)ccc1Cl. The van der Waals surface area contributed by atoms with E-state index in [0.717, 1.165) is 25.7 Å². The van der Waals surface area contributed by atoms with Gasteiger partial charge in [-0.3, -0.25) is 4.79 Å². The van der Waals surface area contributed by atoms with Gasteiger partial charge in [-0.15, -0.1) is 0 Å². The number of carbonyl (C=O) groups is 1. The molecule has 0 bridgehead atoms. The molecule has 7 heteroatoms. The van der Waals surface area contributed by atoms with Crippen molar-refractivity contribution in [3.8, 4) is 0 Å². The van der Waals surface area contributed by atoms with Crippen LogP contribution in [0, 0.1) is 0 Å². The summed E-state index contributed by atoms with van der Waals surface area (Å²) in [6.07, 6.45) is 4.18. The van der Waals surface area contributed by atoms with Crippen LogP contribution in [0.25, 0.3) is 0 Å². The van der Waals surface area contributed by atoms with Crippen molar-refractivity contribution in [1.82, 2.24) is 10.0 Å². The maximum absolute atomic E-state index is 12.1. The van der Waals surface area contributed by atoms with Gasteiger partial charge in [0.05, 0.1) is 5.02 Å². The second-order valence-corrected chi connectivity index (χ2v) is 7.07. The number of hydrogen-bond donors (Lipinski definition) is 2. The molecule has 1 aliphatic carbocycles. The average Bonchev–Trinajstić information content (AvgIpc) is 2.91. The van der Waals surface area contributed by atoms with E-state index in [4.69, 9.17) is 11.6 Å². The van der Waals surface area contributed by atoms with E-state index >= 15 is 0 Å². The Morgan fingerprint density at radius 3 is 2.55 bits per heavy atom. The minimum Gasteiger partial charge on any atom is -0.349 e. The smallest absolute Gasteiger partial charge is 0.251 e. The summed E-state index contributed by atoms with van der Waals surface area (Å²) in [6, 6.07) is 4.44. The lowest BCUT2D eigenvalue weighted by molar-refractivity contribution is 0.0937. The van der Waals surface area contributed by atoms with Crippen LogP contribution in [0.5, 0.6) is 0 Å². The summed E-state index contributed by atoms with van der Waals surface area (Å²) < 4.78 is 25.8. The summed E-state index contributed by atoms with van der Waals surface area (Å²) in [7, 11) is -2.37. The van der Waals surface area contributed by atoms with Gasteiger partial charge in [0, 0.05) is 11.6 Å². The summed E-state index contributed by atoms with van der Waals surface area (Å²) in [5.74, 6) is -0.263. The van der Waals surface area contributed by atoms with Gasteiger partial charge in [0.25, 0.3) is 5.91 Å². The highest BCUT2D eigenvalue weighted by molar-refractivity contribution is 7.89. The van der Waals surface area contributed by atoms with Crippen LogP contribution >= 0.6 is 11.6 Å². The average molecular weight is 317 g/mol. The first kappa shape index (κ1) is 15.3. The molecule has 0 saturated heterocycles. The fraction of sp³-hybridized carbons (Fsp3) is 0.462. The lowest BCUT2D eigenvalue weighted by Crippen LogP contribution is -2.32. The quantitative estimate of drug-likeness (QED) is 0.891. The number of benzene rings is 1. The highest BCUT2D eigenvalue weighted by Gasteiger charge is 2.21. The zero-order valence-electron chi connectivity index (χ0n) is 11.1. The van der Waals surface area contributed by atoms with Crippen molar-refractivity contribution in [1.29, 1.82) is 0 Å². The topological polar surface area (TPSA) is 75.3 Å². The summed E-state index contributed by atoms with van der Waals surface area (Å²) in [5, 5.41) is 3.01. The lowest BCUT2D eigenvalue weighted by Gasteiger charge is -2.13. The molecule has 1 aromatic carbocycles. The standard InChI is InChI=1S/C13H17ClN2O3S/c1-15-20(18,19)12-8-9(6-7-11(12)14)13(17)16-10-4-2-3-5-10/h6-8,10,15H,2-5H2,1H3,(H,16,17). The van der Waals surface area contributed by atoms with Crippen molar-refractivity contribution in [3.05, 3.63) is 28.8 Å². The Bertz CT molecular complexity index is 610. The molecule has 110 valence electrons. The van der Waals surface area contributed by atoms with Crippen LogP contribution < -0.4 is 10.0 Å². The summed E-state index contributed by atoms with van der Waals surface area (Å²) >= 11 is 5.88. The number of sulfonamides is 1. The second kappa shape index (κ2) is 6.11.